The molecule has 0 fully saturated rings. The normalized spacial score (nSPS) is 26.3. The minimum absolute atomic E-state index is 0.0532. The second-order valence-electron chi connectivity index (χ2n) is 3.30. The van der Waals surface area contributed by atoms with Gasteiger partial charge in [-0.15, -0.1) is 0 Å². The van der Waals surface area contributed by atoms with Crippen molar-refractivity contribution in [1.29, 1.82) is 0 Å². The van der Waals surface area contributed by atoms with Gasteiger partial charge in [0, 0.05) is 12.2 Å². The Bertz CT molecular complexity index is 301. The van der Waals surface area contributed by atoms with Gasteiger partial charge < -0.3 is 15.7 Å². The van der Waals surface area contributed by atoms with Gasteiger partial charge in [0.05, 0.1) is 12.1 Å². The molecule has 1 heterocycles. The number of likely N-dealkylation sites (N-methyl/N-ethyl adjacent to an activating group) is 1. The van der Waals surface area contributed by atoms with Gasteiger partial charge in [0.1, 0.15) is 0 Å². The van der Waals surface area contributed by atoms with Crippen LogP contribution in [-0.4, -0.2) is 24.8 Å². The van der Waals surface area contributed by atoms with E-state index in [0.29, 0.717) is 6.54 Å². The lowest BCUT2D eigenvalue weighted by Gasteiger charge is -2.30. The lowest BCUT2D eigenvalue weighted by Crippen LogP contribution is -2.38. The molecule has 0 bridgehead atoms. The number of β-amino-alcohol motifs (C(OH)–C–C–N with tert-alkyl or cyclic N) is 1. The van der Waals surface area contributed by atoms with Crippen LogP contribution in [0.25, 0.3) is 0 Å². The van der Waals surface area contributed by atoms with Crippen LogP contribution in [0.5, 0.6) is 0 Å². The number of anilines is 1. The zero-order valence-corrected chi connectivity index (χ0v) is 7.62. The van der Waals surface area contributed by atoms with Gasteiger partial charge >= 0.3 is 0 Å². The molecule has 0 aromatic heterocycles. The monoisotopic (exact) mass is 178 g/mol. The largest absolute Gasteiger partial charge is 0.389 e. The van der Waals surface area contributed by atoms with E-state index in [2.05, 4.69) is 10.6 Å². The van der Waals surface area contributed by atoms with E-state index >= 15 is 0 Å². The lowest BCUT2D eigenvalue weighted by molar-refractivity contribution is 0.139. The van der Waals surface area contributed by atoms with Crippen LogP contribution in [0.3, 0.4) is 0 Å². The second kappa shape index (κ2) is 3.36. The molecule has 13 heavy (non-hydrogen) atoms. The number of aliphatic hydroxyl groups is 1. The van der Waals surface area contributed by atoms with Crippen LogP contribution in [0.1, 0.15) is 11.6 Å². The van der Waals surface area contributed by atoms with Gasteiger partial charge in [0.2, 0.25) is 0 Å². The van der Waals surface area contributed by atoms with Crippen LogP contribution in [-0.2, 0) is 0 Å². The maximum absolute atomic E-state index is 9.69. The van der Waals surface area contributed by atoms with E-state index in [1.165, 1.54) is 0 Å². The van der Waals surface area contributed by atoms with E-state index in [0.717, 1.165) is 11.3 Å². The van der Waals surface area contributed by atoms with Crippen molar-refractivity contribution in [3.8, 4) is 0 Å². The first-order valence-corrected chi connectivity index (χ1v) is 4.51. The van der Waals surface area contributed by atoms with Crippen molar-refractivity contribution < 1.29 is 5.11 Å². The standard InChI is InChI=1S/C10H14N2O/c1-11-10-7-4-2-3-5-8(7)12-6-9(10)13/h2-5,9-13H,6H2,1H3/t9-,10-/m0/s1. The lowest BCUT2D eigenvalue weighted by atomic mass is 9.96. The molecule has 1 aromatic carbocycles. The summed E-state index contributed by atoms with van der Waals surface area (Å²) in [5, 5.41) is 16.0. The summed E-state index contributed by atoms with van der Waals surface area (Å²) in [4.78, 5) is 0. The highest BCUT2D eigenvalue weighted by atomic mass is 16.3. The van der Waals surface area contributed by atoms with Crippen LogP contribution in [0.4, 0.5) is 5.69 Å². The summed E-state index contributed by atoms with van der Waals surface area (Å²) in [7, 11) is 1.87. The van der Waals surface area contributed by atoms with Gasteiger partial charge in [0.15, 0.2) is 0 Å². The molecule has 0 aliphatic carbocycles. The Balaban J connectivity index is 2.39. The molecule has 1 aromatic rings. The summed E-state index contributed by atoms with van der Waals surface area (Å²) in [5.74, 6) is 0. The fourth-order valence-electron chi connectivity index (χ4n) is 1.82. The summed E-state index contributed by atoms with van der Waals surface area (Å²) in [6, 6.07) is 8.11. The fourth-order valence-corrected chi connectivity index (χ4v) is 1.82. The molecule has 70 valence electrons. The van der Waals surface area contributed by atoms with Crippen LogP contribution in [0.2, 0.25) is 0 Å². The number of benzene rings is 1. The molecule has 0 radical (unpaired) electrons. The highest BCUT2D eigenvalue weighted by molar-refractivity contribution is 5.55. The van der Waals surface area contributed by atoms with Gasteiger partial charge in [-0.05, 0) is 18.7 Å². The summed E-state index contributed by atoms with van der Waals surface area (Å²) < 4.78 is 0. The van der Waals surface area contributed by atoms with Crippen molar-refractivity contribution in [3.63, 3.8) is 0 Å². The average molecular weight is 178 g/mol. The first-order valence-electron chi connectivity index (χ1n) is 4.51. The summed E-state index contributed by atoms with van der Waals surface area (Å²) in [5.41, 5.74) is 2.26. The number of para-hydroxylation sites is 1. The van der Waals surface area contributed by atoms with E-state index in [1.54, 1.807) is 0 Å². The van der Waals surface area contributed by atoms with Gasteiger partial charge in [-0.1, -0.05) is 18.2 Å². The zero-order valence-electron chi connectivity index (χ0n) is 7.62. The minimum atomic E-state index is -0.347. The third-order valence-electron chi connectivity index (χ3n) is 2.49. The Labute approximate surface area is 77.8 Å². The molecule has 2 rings (SSSR count). The molecule has 2 atom stereocenters. The predicted molar refractivity (Wildman–Crippen MR) is 52.7 cm³/mol. The van der Waals surface area contributed by atoms with Gasteiger partial charge in [-0.3, -0.25) is 0 Å². The van der Waals surface area contributed by atoms with Crippen LogP contribution in [0, 0.1) is 0 Å². The third-order valence-corrected chi connectivity index (χ3v) is 2.49. The number of fused-ring (bicyclic) bond motifs is 1. The molecule has 3 N–H and O–H groups in total. The zero-order chi connectivity index (χ0) is 9.26. The Morgan fingerprint density at radius 3 is 3.00 bits per heavy atom. The van der Waals surface area contributed by atoms with Crippen molar-refractivity contribution in [3.05, 3.63) is 29.8 Å². The molecule has 0 spiro atoms. The van der Waals surface area contributed by atoms with Crippen LogP contribution >= 0.6 is 0 Å². The Morgan fingerprint density at radius 2 is 2.23 bits per heavy atom. The van der Waals surface area contributed by atoms with Gasteiger partial charge in [-0.2, -0.15) is 0 Å². The smallest absolute Gasteiger partial charge is 0.0907 e. The first-order chi connectivity index (χ1) is 6.33. The number of aliphatic hydroxyl groups excluding tert-OH is 1. The molecule has 0 saturated carbocycles. The van der Waals surface area contributed by atoms with E-state index < -0.39 is 0 Å². The van der Waals surface area contributed by atoms with Crippen molar-refractivity contribution >= 4 is 5.69 Å². The van der Waals surface area contributed by atoms with E-state index in [9.17, 15) is 5.11 Å². The first kappa shape index (κ1) is 8.53. The highest BCUT2D eigenvalue weighted by Gasteiger charge is 2.25. The molecule has 0 amide bonds. The summed E-state index contributed by atoms with van der Waals surface area (Å²) in [6.07, 6.45) is -0.347. The van der Waals surface area contributed by atoms with E-state index in [4.69, 9.17) is 0 Å². The predicted octanol–water partition coefficient (Wildman–Crippen LogP) is 0.733. The molecule has 3 heteroatoms. The Kier molecular flexibility index (Phi) is 2.20. The quantitative estimate of drug-likeness (QED) is 0.594. The van der Waals surface area contributed by atoms with Crippen molar-refractivity contribution in [2.24, 2.45) is 0 Å². The minimum Gasteiger partial charge on any atom is -0.389 e. The molecule has 3 nitrogen and oxygen atoms in total. The molecule has 0 saturated heterocycles. The van der Waals surface area contributed by atoms with Crippen molar-refractivity contribution in [1.82, 2.24) is 5.32 Å². The molecular weight excluding hydrogens is 164 g/mol. The highest BCUT2D eigenvalue weighted by Crippen LogP contribution is 2.28. The maximum Gasteiger partial charge on any atom is 0.0907 e. The third kappa shape index (κ3) is 1.41. The number of rotatable bonds is 1. The molecule has 1 aliphatic heterocycles. The second-order valence-corrected chi connectivity index (χ2v) is 3.30. The van der Waals surface area contributed by atoms with E-state index in [-0.39, 0.29) is 12.1 Å². The summed E-state index contributed by atoms with van der Waals surface area (Å²) in [6.45, 7) is 0.614. The Morgan fingerprint density at radius 1 is 1.46 bits per heavy atom. The molecular formula is C10H14N2O. The maximum atomic E-state index is 9.69. The van der Waals surface area contributed by atoms with Crippen molar-refractivity contribution in [2.75, 3.05) is 18.9 Å². The number of nitrogens with one attached hydrogen (secondary N) is 2. The molecule has 0 unspecified atom stereocenters. The topological polar surface area (TPSA) is 44.3 Å². The summed E-state index contributed by atoms with van der Waals surface area (Å²) >= 11 is 0. The van der Waals surface area contributed by atoms with Gasteiger partial charge in [-0.25, -0.2) is 0 Å². The average Bonchev–Trinajstić information content (AvgIpc) is 2.18. The van der Waals surface area contributed by atoms with Crippen LogP contribution < -0.4 is 10.6 Å². The number of hydrogen-bond donors (Lipinski definition) is 3. The van der Waals surface area contributed by atoms with Crippen molar-refractivity contribution in [2.45, 2.75) is 12.1 Å². The fraction of sp³-hybridized carbons (Fsp3) is 0.400. The SMILES string of the molecule is CN[C@H]1c2ccccc2NC[C@@H]1O. The van der Waals surface area contributed by atoms with E-state index in [1.807, 2.05) is 31.3 Å². The molecule has 1 aliphatic rings. The van der Waals surface area contributed by atoms with Crippen LogP contribution in [0.15, 0.2) is 24.3 Å². The number of hydrogen-bond acceptors (Lipinski definition) is 3. The Hall–Kier alpha value is -1.06. The van der Waals surface area contributed by atoms with Gasteiger partial charge in [0.25, 0.3) is 0 Å².